The van der Waals surface area contributed by atoms with Crippen LogP contribution in [0.4, 0.5) is 0 Å². The number of amides is 1. The third kappa shape index (κ3) is 6.80. The van der Waals surface area contributed by atoms with Gasteiger partial charge in [-0.2, -0.15) is 5.10 Å². The quantitative estimate of drug-likeness (QED) is 0.385. The van der Waals surface area contributed by atoms with E-state index in [2.05, 4.69) is 51.5 Å². The first-order chi connectivity index (χ1) is 18.1. The molecule has 3 aromatic rings. The molecule has 2 bridgehead atoms. The summed E-state index contributed by atoms with van der Waals surface area (Å²) in [5.41, 5.74) is 2.44. The Hall–Kier alpha value is -2.25. The van der Waals surface area contributed by atoms with Crippen molar-refractivity contribution in [3.8, 4) is 10.6 Å². The molecule has 7 heteroatoms. The average Bonchev–Trinajstić information content (AvgIpc) is 3.46. The summed E-state index contributed by atoms with van der Waals surface area (Å²) in [5, 5.41) is 12.8. The SMILES string of the molecule is Cc1cnc(-c2ccc3c(C(=O)NC4CC5CCCCCCCCCCN(C)C(CC5)C4)n[nH]c3c2)s1. The minimum Gasteiger partial charge on any atom is -0.348 e. The van der Waals surface area contributed by atoms with E-state index in [1.807, 2.05) is 12.3 Å². The number of nitrogens with zero attached hydrogens (tertiary/aromatic N) is 3. The molecule has 1 saturated carbocycles. The van der Waals surface area contributed by atoms with Gasteiger partial charge in [-0.3, -0.25) is 9.89 Å². The first kappa shape index (κ1) is 26.4. The molecule has 5 rings (SSSR count). The molecule has 1 aliphatic heterocycles. The molecular weight excluding hydrogens is 478 g/mol. The molecule has 1 aromatic carbocycles. The lowest BCUT2D eigenvalue weighted by molar-refractivity contribution is 0.0919. The molecule has 6 nitrogen and oxygen atoms in total. The highest BCUT2D eigenvalue weighted by atomic mass is 32.1. The van der Waals surface area contributed by atoms with Gasteiger partial charge >= 0.3 is 0 Å². The second-order valence-corrected chi connectivity index (χ2v) is 12.7. The molecule has 200 valence electrons. The van der Waals surface area contributed by atoms with Crippen molar-refractivity contribution in [3.05, 3.63) is 35.0 Å². The summed E-state index contributed by atoms with van der Waals surface area (Å²) in [6.45, 7) is 3.23. The van der Waals surface area contributed by atoms with E-state index in [1.165, 1.54) is 82.1 Å². The second kappa shape index (κ2) is 12.5. The van der Waals surface area contributed by atoms with E-state index in [4.69, 9.17) is 0 Å². The van der Waals surface area contributed by atoms with Gasteiger partial charge in [-0.05, 0) is 70.7 Å². The number of nitrogens with one attached hydrogen (secondary N) is 2. The number of hydrogen-bond donors (Lipinski definition) is 2. The fraction of sp³-hybridized carbons (Fsp3) is 0.633. The van der Waals surface area contributed by atoms with Crippen LogP contribution in [0.15, 0.2) is 24.4 Å². The standard InChI is InChI=1S/C30H43N5OS/c1-21-20-31-30(37-21)23-13-15-26-27(18-23)33-34-28(26)29(36)32-24-17-22-11-9-7-5-3-4-6-8-10-16-35(2)25(19-24)14-12-22/h13,15,18,20,22,24-25H,3-12,14,16-17,19H2,1-2H3,(H,32,36)(H,33,34). The monoisotopic (exact) mass is 521 g/mol. The van der Waals surface area contributed by atoms with Crippen molar-refractivity contribution in [1.29, 1.82) is 0 Å². The summed E-state index contributed by atoms with van der Waals surface area (Å²) >= 11 is 1.68. The Morgan fingerprint density at radius 2 is 1.81 bits per heavy atom. The number of rotatable bonds is 3. The minimum absolute atomic E-state index is 0.0504. The smallest absolute Gasteiger partial charge is 0.272 e. The molecule has 3 atom stereocenters. The zero-order chi connectivity index (χ0) is 25.6. The van der Waals surface area contributed by atoms with Gasteiger partial charge in [0.05, 0.1) is 5.52 Å². The summed E-state index contributed by atoms with van der Waals surface area (Å²) in [6, 6.07) is 6.86. The van der Waals surface area contributed by atoms with E-state index in [1.54, 1.807) is 11.3 Å². The lowest BCUT2D eigenvalue weighted by Crippen LogP contribution is -2.41. The fourth-order valence-corrected chi connectivity index (χ4v) is 7.14. The van der Waals surface area contributed by atoms with Crippen molar-refractivity contribution >= 4 is 28.1 Å². The molecule has 3 unspecified atom stereocenters. The fourth-order valence-electron chi connectivity index (χ4n) is 6.38. The van der Waals surface area contributed by atoms with Crippen LogP contribution < -0.4 is 5.32 Å². The number of H-pyrrole nitrogens is 1. The van der Waals surface area contributed by atoms with E-state index in [0.29, 0.717) is 17.7 Å². The molecule has 0 spiro atoms. The lowest BCUT2D eigenvalue weighted by atomic mass is 9.91. The van der Waals surface area contributed by atoms with Crippen LogP contribution in [0.5, 0.6) is 0 Å². The van der Waals surface area contributed by atoms with Gasteiger partial charge in [0, 0.05) is 34.1 Å². The van der Waals surface area contributed by atoms with Crippen LogP contribution in [0.3, 0.4) is 0 Å². The highest BCUT2D eigenvalue weighted by molar-refractivity contribution is 7.14. The average molecular weight is 522 g/mol. The number of aryl methyl sites for hydroxylation is 1. The van der Waals surface area contributed by atoms with Crippen molar-refractivity contribution in [3.63, 3.8) is 0 Å². The number of carbonyl (C=O) groups excluding carboxylic acids is 1. The van der Waals surface area contributed by atoms with Crippen molar-refractivity contribution in [2.24, 2.45) is 5.92 Å². The van der Waals surface area contributed by atoms with Gasteiger partial charge < -0.3 is 10.2 Å². The Morgan fingerprint density at radius 3 is 2.59 bits per heavy atom. The van der Waals surface area contributed by atoms with Crippen LogP contribution in [-0.2, 0) is 0 Å². The Morgan fingerprint density at radius 1 is 1.03 bits per heavy atom. The summed E-state index contributed by atoms with van der Waals surface area (Å²) in [5.74, 6) is 0.652. The molecule has 1 amide bonds. The van der Waals surface area contributed by atoms with E-state index >= 15 is 0 Å². The van der Waals surface area contributed by atoms with Crippen LogP contribution >= 0.6 is 11.3 Å². The summed E-state index contributed by atoms with van der Waals surface area (Å²) in [4.78, 5) is 21.8. The summed E-state index contributed by atoms with van der Waals surface area (Å²) in [6.07, 6.45) is 18.7. The number of fused-ring (bicyclic) bond motifs is 4. The van der Waals surface area contributed by atoms with Crippen LogP contribution in [-0.4, -0.2) is 51.7 Å². The summed E-state index contributed by atoms with van der Waals surface area (Å²) in [7, 11) is 2.30. The third-order valence-electron chi connectivity index (χ3n) is 8.56. The number of aromatic amines is 1. The number of aromatic nitrogens is 3. The molecule has 1 aliphatic carbocycles. The van der Waals surface area contributed by atoms with Crippen molar-refractivity contribution in [2.75, 3.05) is 13.6 Å². The van der Waals surface area contributed by atoms with Gasteiger partial charge in [0.2, 0.25) is 0 Å². The molecule has 2 aliphatic rings. The van der Waals surface area contributed by atoms with Gasteiger partial charge in [0.25, 0.3) is 5.91 Å². The Labute approximate surface area is 225 Å². The Bertz CT molecular complexity index is 1170. The molecule has 37 heavy (non-hydrogen) atoms. The topological polar surface area (TPSA) is 73.9 Å². The highest BCUT2D eigenvalue weighted by Gasteiger charge is 2.29. The van der Waals surface area contributed by atoms with Gasteiger partial charge in [0.15, 0.2) is 5.69 Å². The van der Waals surface area contributed by atoms with Crippen molar-refractivity contribution < 1.29 is 4.79 Å². The van der Waals surface area contributed by atoms with E-state index < -0.39 is 0 Å². The Kier molecular flexibility index (Phi) is 8.93. The number of hydrogen-bond acceptors (Lipinski definition) is 5. The number of thiazole rings is 1. The summed E-state index contributed by atoms with van der Waals surface area (Å²) < 4.78 is 0. The maximum atomic E-state index is 13.5. The maximum Gasteiger partial charge on any atom is 0.272 e. The van der Waals surface area contributed by atoms with E-state index in [-0.39, 0.29) is 11.9 Å². The molecule has 2 fully saturated rings. The predicted molar refractivity (Wildman–Crippen MR) is 153 cm³/mol. The first-order valence-electron chi connectivity index (χ1n) is 14.5. The van der Waals surface area contributed by atoms with Crippen LogP contribution in [0.25, 0.3) is 21.5 Å². The highest BCUT2D eigenvalue weighted by Crippen LogP contribution is 2.32. The zero-order valence-corrected chi connectivity index (χ0v) is 23.4. The van der Waals surface area contributed by atoms with E-state index in [9.17, 15) is 4.79 Å². The zero-order valence-electron chi connectivity index (χ0n) is 22.6. The molecule has 2 N–H and O–H groups in total. The molecular formula is C30H43N5OS. The number of benzene rings is 1. The molecule has 0 radical (unpaired) electrons. The number of carbonyl (C=O) groups is 1. The molecule has 3 heterocycles. The van der Waals surface area contributed by atoms with Crippen molar-refractivity contribution in [1.82, 2.24) is 25.4 Å². The largest absolute Gasteiger partial charge is 0.348 e. The second-order valence-electron chi connectivity index (χ2n) is 11.4. The minimum atomic E-state index is -0.0504. The molecule has 1 saturated heterocycles. The molecule has 2 aromatic heterocycles. The van der Waals surface area contributed by atoms with Gasteiger partial charge in [-0.25, -0.2) is 4.98 Å². The van der Waals surface area contributed by atoms with Crippen LogP contribution in [0.2, 0.25) is 0 Å². The predicted octanol–water partition coefficient (Wildman–Crippen LogP) is 7.11. The van der Waals surface area contributed by atoms with Crippen LogP contribution in [0, 0.1) is 12.8 Å². The van der Waals surface area contributed by atoms with E-state index in [0.717, 1.165) is 34.3 Å². The van der Waals surface area contributed by atoms with Gasteiger partial charge in [-0.1, -0.05) is 57.4 Å². The normalized spacial score (nSPS) is 24.9. The third-order valence-corrected chi connectivity index (χ3v) is 9.52. The van der Waals surface area contributed by atoms with Crippen LogP contribution in [0.1, 0.15) is 98.8 Å². The Balaban J connectivity index is 1.30. The van der Waals surface area contributed by atoms with Gasteiger partial charge in [0.1, 0.15) is 5.01 Å². The first-order valence-corrected chi connectivity index (χ1v) is 15.3. The van der Waals surface area contributed by atoms with Gasteiger partial charge in [-0.15, -0.1) is 11.3 Å². The van der Waals surface area contributed by atoms with Crippen molar-refractivity contribution in [2.45, 2.75) is 102 Å². The maximum absolute atomic E-state index is 13.5. The lowest BCUT2D eigenvalue weighted by Gasteiger charge is -2.29.